The summed E-state index contributed by atoms with van der Waals surface area (Å²) in [5.74, 6) is 0.116. The van der Waals surface area contributed by atoms with Crippen molar-refractivity contribution in [2.24, 2.45) is 5.73 Å². The highest BCUT2D eigenvalue weighted by Gasteiger charge is 2.26. The largest absolute Gasteiger partial charge is 0.493 e. The highest BCUT2D eigenvalue weighted by Crippen LogP contribution is 2.29. The fraction of sp³-hybridized carbons (Fsp3) is 0.333. The predicted molar refractivity (Wildman–Crippen MR) is 63.6 cm³/mol. The lowest BCUT2D eigenvalue weighted by atomic mass is 10.2. The van der Waals surface area contributed by atoms with Crippen LogP contribution in [0.1, 0.15) is 16.8 Å². The van der Waals surface area contributed by atoms with E-state index in [0.29, 0.717) is 30.0 Å². The molecule has 1 unspecified atom stereocenters. The Morgan fingerprint density at radius 1 is 1.44 bits per heavy atom. The van der Waals surface area contributed by atoms with E-state index < -0.39 is 12.0 Å². The SMILES string of the molecule is COc1cc(C(N)=O)ccc1OC1CCNC1=O. The number of methoxy groups -OCH3 is 1. The number of hydrogen-bond donors (Lipinski definition) is 2. The number of benzene rings is 1. The second kappa shape index (κ2) is 4.95. The lowest BCUT2D eigenvalue weighted by Crippen LogP contribution is -2.27. The molecule has 1 aromatic carbocycles. The molecule has 96 valence electrons. The van der Waals surface area contributed by atoms with E-state index in [-0.39, 0.29) is 5.91 Å². The summed E-state index contributed by atoms with van der Waals surface area (Å²) >= 11 is 0. The van der Waals surface area contributed by atoms with Crippen LogP contribution in [-0.4, -0.2) is 31.6 Å². The zero-order chi connectivity index (χ0) is 13.1. The van der Waals surface area contributed by atoms with Crippen LogP contribution in [0.5, 0.6) is 11.5 Å². The van der Waals surface area contributed by atoms with Gasteiger partial charge >= 0.3 is 0 Å². The van der Waals surface area contributed by atoms with Crippen molar-refractivity contribution in [3.63, 3.8) is 0 Å². The molecule has 2 amide bonds. The van der Waals surface area contributed by atoms with Crippen LogP contribution in [0, 0.1) is 0 Å². The van der Waals surface area contributed by atoms with Crippen LogP contribution in [0.2, 0.25) is 0 Å². The number of hydrogen-bond acceptors (Lipinski definition) is 4. The topological polar surface area (TPSA) is 90.7 Å². The fourth-order valence-corrected chi connectivity index (χ4v) is 1.76. The van der Waals surface area contributed by atoms with Crippen molar-refractivity contribution < 1.29 is 19.1 Å². The van der Waals surface area contributed by atoms with Gasteiger partial charge in [-0.15, -0.1) is 0 Å². The Morgan fingerprint density at radius 3 is 2.78 bits per heavy atom. The van der Waals surface area contributed by atoms with Gasteiger partial charge in [0, 0.05) is 18.5 Å². The van der Waals surface area contributed by atoms with Gasteiger partial charge in [-0.3, -0.25) is 9.59 Å². The van der Waals surface area contributed by atoms with Gasteiger partial charge in [0.2, 0.25) is 5.91 Å². The first-order chi connectivity index (χ1) is 8.61. The number of nitrogens with two attached hydrogens (primary N) is 1. The van der Waals surface area contributed by atoms with Crippen LogP contribution in [0.15, 0.2) is 18.2 Å². The molecule has 0 spiro atoms. The molecule has 3 N–H and O–H groups in total. The first-order valence-corrected chi connectivity index (χ1v) is 5.54. The maximum Gasteiger partial charge on any atom is 0.261 e. The summed E-state index contributed by atoms with van der Waals surface area (Å²) in [7, 11) is 1.46. The Morgan fingerprint density at radius 2 is 2.22 bits per heavy atom. The number of nitrogens with one attached hydrogen (secondary N) is 1. The molecule has 18 heavy (non-hydrogen) atoms. The van der Waals surface area contributed by atoms with Crippen molar-refractivity contribution in [3.05, 3.63) is 23.8 Å². The van der Waals surface area contributed by atoms with E-state index in [0.717, 1.165) is 0 Å². The lowest BCUT2D eigenvalue weighted by molar-refractivity contribution is -0.124. The van der Waals surface area contributed by atoms with E-state index in [1.54, 1.807) is 6.07 Å². The van der Waals surface area contributed by atoms with Crippen LogP contribution in [0.3, 0.4) is 0 Å². The molecule has 1 saturated heterocycles. The second-order valence-corrected chi connectivity index (χ2v) is 3.92. The molecule has 0 aliphatic carbocycles. The van der Waals surface area contributed by atoms with Crippen molar-refractivity contribution >= 4 is 11.8 Å². The van der Waals surface area contributed by atoms with Crippen LogP contribution in [-0.2, 0) is 4.79 Å². The third kappa shape index (κ3) is 2.37. The molecule has 0 bridgehead atoms. The Labute approximate surface area is 104 Å². The number of amides is 2. The van der Waals surface area contributed by atoms with Gasteiger partial charge in [-0.2, -0.15) is 0 Å². The summed E-state index contributed by atoms with van der Waals surface area (Å²) in [6.07, 6.45) is 0.0952. The predicted octanol–water partition coefficient (Wildman–Crippen LogP) is 0.0614. The molecule has 1 aromatic rings. The van der Waals surface area contributed by atoms with Crippen LogP contribution in [0.4, 0.5) is 0 Å². The first-order valence-electron chi connectivity index (χ1n) is 5.54. The molecule has 0 aromatic heterocycles. The molecule has 1 atom stereocenters. The van der Waals surface area contributed by atoms with E-state index in [1.807, 2.05) is 0 Å². The summed E-state index contributed by atoms with van der Waals surface area (Å²) < 4.78 is 10.7. The lowest BCUT2D eigenvalue weighted by Gasteiger charge is -2.14. The fourth-order valence-electron chi connectivity index (χ4n) is 1.76. The molecule has 6 nitrogen and oxygen atoms in total. The molecule has 1 aliphatic rings. The van der Waals surface area contributed by atoms with Crippen molar-refractivity contribution in [3.8, 4) is 11.5 Å². The van der Waals surface area contributed by atoms with Gasteiger partial charge in [-0.1, -0.05) is 0 Å². The van der Waals surface area contributed by atoms with Crippen molar-refractivity contribution in [2.45, 2.75) is 12.5 Å². The Bertz CT molecular complexity index is 487. The van der Waals surface area contributed by atoms with Gasteiger partial charge in [0.25, 0.3) is 5.91 Å². The van der Waals surface area contributed by atoms with Crippen molar-refractivity contribution in [2.75, 3.05) is 13.7 Å². The van der Waals surface area contributed by atoms with Gasteiger partial charge in [0.1, 0.15) is 0 Å². The van der Waals surface area contributed by atoms with E-state index in [4.69, 9.17) is 15.2 Å². The van der Waals surface area contributed by atoms with Crippen LogP contribution in [0.25, 0.3) is 0 Å². The molecule has 1 heterocycles. The third-order valence-electron chi connectivity index (χ3n) is 2.72. The summed E-state index contributed by atoms with van der Waals surface area (Å²) in [5.41, 5.74) is 5.50. The minimum Gasteiger partial charge on any atom is -0.493 e. The minimum atomic E-state index is -0.543. The minimum absolute atomic E-state index is 0.143. The van der Waals surface area contributed by atoms with Gasteiger partial charge in [-0.05, 0) is 18.2 Å². The summed E-state index contributed by atoms with van der Waals surface area (Å²) in [6, 6.07) is 4.60. The van der Waals surface area contributed by atoms with Gasteiger partial charge in [0.15, 0.2) is 17.6 Å². The number of carbonyl (C=O) groups excluding carboxylic acids is 2. The Kier molecular flexibility index (Phi) is 3.36. The standard InChI is InChI=1S/C12H14N2O4/c1-17-10-6-7(11(13)15)2-3-8(10)18-9-4-5-14-12(9)16/h2-3,6,9H,4-5H2,1H3,(H2,13,15)(H,14,16). The molecule has 6 heteroatoms. The number of primary amides is 1. The first kappa shape index (κ1) is 12.2. The molecule has 0 saturated carbocycles. The zero-order valence-corrected chi connectivity index (χ0v) is 9.93. The number of rotatable bonds is 4. The summed E-state index contributed by atoms with van der Waals surface area (Å²) in [4.78, 5) is 22.4. The molecule has 1 fully saturated rings. The highest BCUT2D eigenvalue weighted by atomic mass is 16.5. The average molecular weight is 250 g/mol. The maximum absolute atomic E-state index is 11.4. The second-order valence-electron chi connectivity index (χ2n) is 3.92. The molecule has 1 aliphatic heterocycles. The van der Waals surface area contributed by atoms with Gasteiger partial charge in [-0.25, -0.2) is 0 Å². The van der Waals surface area contributed by atoms with Crippen molar-refractivity contribution in [1.29, 1.82) is 0 Å². The molecule has 0 radical (unpaired) electrons. The van der Waals surface area contributed by atoms with E-state index >= 15 is 0 Å². The highest BCUT2D eigenvalue weighted by molar-refractivity contribution is 5.93. The Hall–Kier alpha value is -2.24. The third-order valence-corrected chi connectivity index (χ3v) is 2.72. The zero-order valence-electron chi connectivity index (χ0n) is 9.93. The van der Waals surface area contributed by atoms with Gasteiger partial charge < -0.3 is 20.5 Å². The van der Waals surface area contributed by atoms with Gasteiger partial charge in [0.05, 0.1) is 7.11 Å². The monoisotopic (exact) mass is 250 g/mol. The van der Waals surface area contributed by atoms with E-state index in [9.17, 15) is 9.59 Å². The van der Waals surface area contributed by atoms with Crippen LogP contribution >= 0.6 is 0 Å². The quantitative estimate of drug-likeness (QED) is 0.790. The average Bonchev–Trinajstić information content (AvgIpc) is 2.75. The van der Waals surface area contributed by atoms with E-state index in [2.05, 4.69) is 5.32 Å². The van der Waals surface area contributed by atoms with Crippen molar-refractivity contribution in [1.82, 2.24) is 5.32 Å². The normalized spacial score (nSPS) is 18.3. The molecule has 2 rings (SSSR count). The van der Waals surface area contributed by atoms with Crippen LogP contribution < -0.4 is 20.5 Å². The number of carbonyl (C=O) groups is 2. The maximum atomic E-state index is 11.4. The smallest absolute Gasteiger partial charge is 0.261 e. The molecular formula is C12H14N2O4. The van der Waals surface area contributed by atoms with E-state index in [1.165, 1.54) is 19.2 Å². The summed E-state index contributed by atoms with van der Waals surface area (Å²) in [5, 5.41) is 2.68. The Balaban J connectivity index is 2.22. The number of ether oxygens (including phenoxy) is 2. The molecular weight excluding hydrogens is 236 g/mol. The summed E-state index contributed by atoms with van der Waals surface area (Å²) in [6.45, 7) is 0.602.